The molecule has 0 saturated carbocycles. The Morgan fingerprint density at radius 2 is 1.84 bits per heavy atom. The summed E-state index contributed by atoms with van der Waals surface area (Å²) >= 11 is 1.48. The van der Waals surface area contributed by atoms with Crippen LogP contribution in [0.3, 0.4) is 0 Å². The zero-order valence-corrected chi connectivity index (χ0v) is 13.9. The lowest BCUT2D eigenvalue weighted by atomic mass is 10.2. The van der Waals surface area contributed by atoms with Crippen molar-refractivity contribution in [2.75, 3.05) is 19.0 Å². The molecule has 1 aromatic heterocycles. The first-order valence-corrected chi connectivity index (χ1v) is 8.07. The standard InChI is InChI=1S/C16H15F3N2O3S/c1-24-13(10-6-7-25-9-10)8-20-14(22)15(23)21-12-4-2-11(3-5-12)16(17,18)19/h2-7,9,13H,8H2,1H3,(H,20,22)(H,21,23). The zero-order valence-electron chi connectivity index (χ0n) is 13.1. The van der Waals surface area contributed by atoms with Crippen LogP contribution in [0.1, 0.15) is 17.2 Å². The molecule has 134 valence electrons. The van der Waals surface area contributed by atoms with Gasteiger partial charge < -0.3 is 15.4 Å². The summed E-state index contributed by atoms with van der Waals surface area (Å²) in [7, 11) is 1.48. The third kappa shape index (κ3) is 5.30. The lowest BCUT2D eigenvalue weighted by Gasteiger charge is -2.15. The molecule has 1 unspecified atom stereocenters. The number of halogens is 3. The van der Waals surface area contributed by atoms with Crippen LogP contribution in [0, 0.1) is 0 Å². The van der Waals surface area contributed by atoms with Crippen LogP contribution in [0.5, 0.6) is 0 Å². The van der Waals surface area contributed by atoms with E-state index in [9.17, 15) is 22.8 Å². The molecule has 0 fully saturated rings. The highest BCUT2D eigenvalue weighted by atomic mass is 32.1. The van der Waals surface area contributed by atoms with Gasteiger partial charge in [-0.05, 0) is 46.7 Å². The first-order chi connectivity index (χ1) is 11.8. The largest absolute Gasteiger partial charge is 0.416 e. The second-order valence-electron chi connectivity index (χ2n) is 5.02. The number of anilines is 1. The van der Waals surface area contributed by atoms with Crippen LogP contribution in [0.25, 0.3) is 0 Å². The molecule has 0 aliphatic rings. The summed E-state index contributed by atoms with van der Waals surface area (Å²) in [4.78, 5) is 23.6. The number of rotatable bonds is 5. The van der Waals surface area contributed by atoms with Crippen molar-refractivity contribution in [3.8, 4) is 0 Å². The average molecular weight is 372 g/mol. The van der Waals surface area contributed by atoms with Crippen LogP contribution in [0.2, 0.25) is 0 Å². The van der Waals surface area contributed by atoms with E-state index in [1.165, 1.54) is 18.4 Å². The number of methoxy groups -OCH3 is 1. The number of alkyl halides is 3. The number of benzene rings is 1. The molecule has 1 atom stereocenters. The van der Waals surface area contributed by atoms with Gasteiger partial charge in [0, 0.05) is 19.3 Å². The summed E-state index contributed by atoms with van der Waals surface area (Å²) in [5.41, 5.74) is 0.124. The fraction of sp³-hybridized carbons (Fsp3) is 0.250. The summed E-state index contributed by atoms with van der Waals surface area (Å²) in [5.74, 6) is -1.88. The minimum atomic E-state index is -4.46. The quantitative estimate of drug-likeness (QED) is 0.792. The van der Waals surface area contributed by atoms with Gasteiger partial charge in [0.25, 0.3) is 0 Å². The third-order valence-corrected chi connectivity index (χ3v) is 4.03. The molecule has 1 aromatic carbocycles. The van der Waals surface area contributed by atoms with Gasteiger partial charge in [-0.3, -0.25) is 9.59 Å². The average Bonchev–Trinajstić information content (AvgIpc) is 3.09. The summed E-state index contributed by atoms with van der Waals surface area (Å²) in [6.07, 6.45) is -4.86. The summed E-state index contributed by atoms with van der Waals surface area (Å²) < 4.78 is 42.7. The molecule has 0 spiro atoms. The van der Waals surface area contributed by atoms with Crippen LogP contribution in [0.15, 0.2) is 41.1 Å². The van der Waals surface area contributed by atoms with Gasteiger partial charge in [0.05, 0.1) is 5.56 Å². The second-order valence-corrected chi connectivity index (χ2v) is 5.80. The van der Waals surface area contributed by atoms with E-state index in [0.29, 0.717) is 0 Å². The number of ether oxygens (including phenoxy) is 1. The van der Waals surface area contributed by atoms with Gasteiger partial charge in [-0.2, -0.15) is 24.5 Å². The Kier molecular flexibility index (Phi) is 6.16. The molecule has 0 bridgehead atoms. The molecule has 2 amide bonds. The second kappa shape index (κ2) is 8.13. The Balaban J connectivity index is 1.89. The van der Waals surface area contributed by atoms with Crippen molar-refractivity contribution in [3.05, 3.63) is 52.2 Å². The van der Waals surface area contributed by atoms with E-state index >= 15 is 0 Å². The normalized spacial score (nSPS) is 12.5. The highest BCUT2D eigenvalue weighted by Crippen LogP contribution is 2.29. The van der Waals surface area contributed by atoms with Gasteiger partial charge in [0.15, 0.2) is 0 Å². The van der Waals surface area contributed by atoms with Gasteiger partial charge in [0.1, 0.15) is 6.10 Å². The maximum absolute atomic E-state index is 12.5. The van der Waals surface area contributed by atoms with Gasteiger partial charge in [0.2, 0.25) is 0 Å². The first-order valence-electron chi connectivity index (χ1n) is 7.12. The predicted molar refractivity (Wildman–Crippen MR) is 87.2 cm³/mol. The van der Waals surface area contributed by atoms with Crippen molar-refractivity contribution in [1.29, 1.82) is 0 Å². The number of nitrogens with one attached hydrogen (secondary N) is 2. The zero-order chi connectivity index (χ0) is 18.4. The summed E-state index contributed by atoms with van der Waals surface area (Å²) in [6.45, 7) is 0.0898. The van der Waals surface area contributed by atoms with Gasteiger partial charge in [-0.25, -0.2) is 0 Å². The molecule has 2 N–H and O–H groups in total. The molecule has 2 aromatic rings. The maximum atomic E-state index is 12.5. The van der Waals surface area contributed by atoms with Crippen molar-refractivity contribution < 1.29 is 27.5 Å². The van der Waals surface area contributed by atoms with Crippen molar-refractivity contribution in [2.45, 2.75) is 12.3 Å². The monoisotopic (exact) mass is 372 g/mol. The van der Waals surface area contributed by atoms with E-state index in [1.54, 1.807) is 0 Å². The van der Waals surface area contributed by atoms with Crippen LogP contribution in [-0.4, -0.2) is 25.5 Å². The van der Waals surface area contributed by atoms with Gasteiger partial charge in [-0.15, -0.1) is 0 Å². The Bertz CT molecular complexity index is 715. The molecule has 1 heterocycles. The first kappa shape index (κ1) is 18.9. The Hall–Kier alpha value is -2.39. The molecule has 0 saturated heterocycles. The molecule has 0 aliphatic carbocycles. The molecule has 25 heavy (non-hydrogen) atoms. The van der Waals surface area contributed by atoms with E-state index < -0.39 is 29.7 Å². The summed E-state index contributed by atoms with van der Waals surface area (Å²) in [5, 5.41) is 8.39. The molecule has 5 nitrogen and oxygen atoms in total. The van der Waals surface area contributed by atoms with Crippen LogP contribution >= 0.6 is 11.3 Å². The molecular formula is C16H15F3N2O3S. The topological polar surface area (TPSA) is 67.4 Å². The van der Waals surface area contributed by atoms with E-state index in [4.69, 9.17) is 4.74 Å². The molecular weight excluding hydrogens is 357 g/mol. The number of hydrogen-bond donors (Lipinski definition) is 2. The number of thiophene rings is 1. The van der Waals surface area contributed by atoms with Crippen molar-refractivity contribution >= 4 is 28.8 Å². The SMILES string of the molecule is COC(CNC(=O)C(=O)Nc1ccc(C(F)(F)F)cc1)c1ccsc1. The predicted octanol–water partition coefficient (Wildman–Crippen LogP) is 3.21. The van der Waals surface area contributed by atoms with Crippen molar-refractivity contribution in [2.24, 2.45) is 0 Å². The lowest BCUT2D eigenvalue weighted by molar-refractivity contribution is -0.137. The lowest BCUT2D eigenvalue weighted by Crippen LogP contribution is -2.37. The van der Waals surface area contributed by atoms with E-state index in [2.05, 4.69) is 10.6 Å². The third-order valence-electron chi connectivity index (χ3n) is 3.32. The smallest absolute Gasteiger partial charge is 0.375 e. The molecule has 0 radical (unpaired) electrons. The fourth-order valence-electron chi connectivity index (χ4n) is 1.99. The minimum absolute atomic E-state index is 0.0898. The Morgan fingerprint density at radius 3 is 2.36 bits per heavy atom. The minimum Gasteiger partial charge on any atom is -0.375 e. The molecule has 2 rings (SSSR count). The highest BCUT2D eigenvalue weighted by molar-refractivity contribution is 7.07. The van der Waals surface area contributed by atoms with Crippen LogP contribution in [-0.2, 0) is 20.5 Å². The van der Waals surface area contributed by atoms with E-state index in [0.717, 1.165) is 29.8 Å². The van der Waals surface area contributed by atoms with Crippen LogP contribution in [0.4, 0.5) is 18.9 Å². The van der Waals surface area contributed by atoms with E-state index in [-0.39, 0.29) is 12.2 Å². The number of hydrogen-bond acceptors (Lipinski definition) is 4. The number of carbonyl (C=O) groups is 2. The highest BCUT2D eigenvalue weighted by Gasteiger charge is 2.30. The summed E-state index contributed by atoms with van der Waals surface area (Å²) in [6, 6.07) is 5.65. The Morgan fingerprint density at radius 1 is 1.16 bits per heavy atom. The van der Waals surface area contributed by atoms with E-state index in [1.807, 2.05) is 16.8 Å². The van der Waals surface area contributed by atoms with Crippen molar-refractivity contribution in [3.63, 3.8) is 0 Å². The Labute approximate surface area is 145 Å². The van der Waals surface area contributed by atoms with Gasteiger partial charge >= 0.3 is 18.0 Å². The number of amides is 2. The molecule has 0 aliphatic heterocycles. The maximum Gasteiger partial charge on any atom is 0.416 e. The van der Waals surface area contributed by atoms with Gasteiger partial charge in [-0.1, -0.05) is 0 Å². The molecule has 9 heteroatoms. The van der Waals surface area contributed by atoms with Crippen LogP contribution < -0.4 is 10.6 Å². The fourth-order valence-corrected chi connectivity index (χ4v) is 2.69. The number of carbonyl (C=O) groups excluding carboxylic acids is 2. The van der Waals surface area contributed by atoms with Crippen molar-refractivity contribution in [1.82, 2.24) is 5.32 Å².